The molecule has 0 fully saturated rings. The quantitative estimate of drug-likeness (QED) is 0.329. The Labute approximate surface area is 206 Å². The van der Waals surface area contributed by atoms with Crippen molar-refractivity contribution in [2.45, 2.75) is 32.9 Å². The third-order valence-electron chi connectivity index (χ3n) is 5.22. The molecule has 1 amide bonds. The summed E-state index contributed by atoms with van der Waals surface area (Å²) in [5, 5.41) is 11.1. The summed E-state index contributed by atoms with van der Waals surface area (Å²) in [5.74, 6) is 0. The van der Waals surface area contributed by atoms with Gasteiger partial charge < -0.3 is 15.4 Å². The largest absolute Gasteiger partial charge is 0.444 e. The van der Waals surface area contributed by atoms with Crippen molar-refractivity contribution in [3.8, 4) is 22.4 Å². The molecule has 4 rings (SSSR count). The first-order valence-electron chi connectivity index (χ1n) is 11.7. The van der Waals surface area contributed by atoms with Crippen LogP contribution in [0.4, 0.5) is 10.5 Å². The molecule has 0 aliphatic heterocycles. The van der Waals surface area contributed by atoms with Gasteiger partial charge in [-0.05, 0) is 61.7 Å². The third kappa shape index (κ3) is 6.93. The Morgan fingerprint density at radius 1 is 0.971 bits per heavy atom. The zero-order valence-corrected chi connectivity index (χ0v) is 20.4. The number of benzene rings is 2. The summed E-state index contributed by atoms with van der Waals surface area (Å²) in [6, 6.07) is 22.6. The Morgan fingerprint density at radius 3 is 2.54 bits per heavy atom. The van der Waals surface area contributed by atoms with Gasteiger partial charge in [0.1, 0.15) is 5.60 Å². The number of hydrogen-bond acceptors (Lipinski definition) is 5. The van der Waals surface area contributed by atoms with E-state index in [0.29, 0.717) is 19.6 Å². The topological polar surface area (TPSA) is 81.1 Å². The number of amides is 1. The number of carbonyl (C=O) groups is 1. The minimum Gasteiger partial charge on any atom is -0.444 e. The van der Waals surface area contributed by atoms with Crippen molar-refractivity contribution in [2.24, 2.45) is 0 Å². The molecule has 0 saturated heterocycles. The summed E-state index contributed by atoms with van der Waals surface area (Å²) >= 11 is 0. The van der Waals surface area contributed by atoms with Crippen molar-refractivity contribution in [1.29, 1.82) is 0 Å². The van der Waals surface area contributed by atoms with Gasteiger partial charge in [-0.15, -0.1) is 0 Å². The van der Waals surface area contributed by atoms with E-state index in [1.54, 1.807) is 6.20 Å². The molecule has 0 aliphatic carbocycles. The van der Waals surface area contributed by atoms with E-state index < -0.39 is 11.7 Å². The van der Waals surface area contributed by atoms with Crippen LogP contribution in [-0.4, -0.2) is 39.5 Å². The number of hydrogen-bond donors (Lipinski definition) is 2. The highest BCUT2D eigenvalue weighted by molar-refractivity contribution is 5.81. The molecular formula is C28H31N5O2. The van der Waals surface area contributed by atoms with E-state index >= 15 is 0 Å². The van der Waals surface area contributed by atoms with Gasteiger partial charge in [0.05, 0.1) is 12.2 Å². The van der Waals surface area contributed by atoms with Gasteiger partial charge in [0.25, 0.3) is 0 Å². The van der Waals surface area contributed by atoms with Gasteiger partial charge in [0.15, 0.2) is 0 Å². The van der Waals surface area contributed by atoms with Crippen molar-refractivity contribution < 1.29 is 9.53 Å². The maximum absolute atomic E-state index is 11.9. The molecule has 0 radical (unpaired) electrons. The molecule has 7 heteroatoms. The van der Waals surface area contributed by atoms with Crippen LogP contribution in [0.1, 0.15) is 26.3 Å². The number of anilines is 1. The number of nitrogens with one attached hydrogen (secondary N) is 2. The van der Waals surface area contributed by atoms with Crippen LogP contribution < -0.4 is 10.6 Å². The molecule has 2 aromatic carbocycles. The van der Waals surface area contributed by atoms with Crippen molar-refractivity contribution in [2.75, 3.05) is 18.4 Å². The van der Waals surface area contributed by atoms with Gasteiger partial charge in [0.2, 0.25) is 0 Å². The van der Waals surface area contributed by atoms with E-state index in [1.807, 2.05) is 74.2 Å². The highest BCUT2D eigenvalue weighted by atomic mass is 16.6. The minimum atomic E-state index is -0.521. The molecule has 0 spiro atoms. The van der Waals surface area contributed by atoms with E-state index in [-0.39, 0.29) is 0 Å². The zero-order valence-electron chi connectivity index (χ0n) is 20.4. The Balaban J connectivity index is 1.52. The fourth-order valence-corrected chi connectivity index (χ4v) is 3.67. The lowest BCUT2D eigenvalue weighted by Crippen LogP contribution is -2.35. The van der Waals surface area contributed by atoms with Gasteiger partial charge in [-0.3, -0.25) is 9.67 Å². The van der Waals surface area contributed by atoms with Crippen LogP contribution in [0.3, 0.4) is 0 Å². The number of alkyl carbamates (subject to hydrolysis) is 1. The number of pyridine rings is 1. The van der Waals surface area contributed by atoms with Crippen molar-refractivity contribution >= 4 is 11.8 Å². The van der Waals surface area contributed by atoms with Gasteiger partial charge in [-0.25, -0.2) is 4.79 Å². The van der Waals surface area contributed by atoms with Crippen LogP contribution in [0.25, 0.3) is 22.4 Å². The van der Waals surface area contributed by atoms with E-state index in [0.717, 1.165) is 33.6 Å². The average molecular weight is 470 g/mol. The summed E-state index contributed by atoms with van der Waals surface area (Å²) in [6.07, 6.45) is 5.17. The van der Waals surface area contributed by atoms with Crippen molar-refractivity contribution in [3.63, 3.8) is 0 Å². The molecule has 0 atom stereocenters. The van der Waals surface area contributed by atoms with E-state index in [9.17, 15) is 4.79 Å². The van der Waals surface area contributed by atoms with Crippen molar-refractivity contribution in [3.05, 3.63) is 90.9 Å². The lowest BCUT2D eigenvalue weighted by Gasteiger charge is -2.20. The second-order valence-corrected chi connectivity index (χ2v) is 9.24. The summed E-state index contributed by atoms with van der Waals surface area (Å²) in [7, 11) is 0. The van der Waals surface area contributed by atoms with Crippen LogP contribution in [0.15, 0.2) is 85.3 Å². The highest BCUT2D eigenvalue weighted by Crippen LogP contribution is 2.32. The highest BCUT2D eigenvalue weighted by Gasteiger charge is 2.16. The van der Waals surface area contributed by atoms with Gasteiger partial charge in [-0.1, -0.05) is 42.5 Å². The molecule has 0 aliphatic rings. The minimum absolute atomic E-state index is 0.423. The molecule has 2 aromatic heterocycles. The monoisotopic (exact) mass is 469 g/mol. The second-order valence-electron chi connectivity index (χ2n) is 9.24. The first-order valence-corrected chi connectivity index (χ1v) is 11.7. The maximum atomic E-state index is 11.9. The van der Waals surface area contributed by atoms with Crippen LogP contribution >= 0.6 is 0 Å². The molecule has 7 nitrogen and oxygen atoms in total. The van der Waals surface area contributed by atoms with E-state index in [2.05, 4.69) is 45.9 Å². The Morgan fingerprint density at radius 2 is 1.80 bits per heavy atom. The Kier molecular flexibility index (Phi) is 7.45. The molecule has 4 aromatic rings. The number of ether oxygens (including phenoxy) is 1. The van der Waals surface area contributed by atoms with Crippen LogP contribution in [0.2, 0.25) is 0 Å². The van der Waals surface area contributed by atoms with Gasteiger partial charge in [0, 0.05) is 42.9 Å². The molecule has 180 valence electrons. The molecule has 2 heterocycles. The third-order valence-corrected chi connectivity index (χ3v) is 5.22. The van der Waals surface area contributed by atoms with E-state index in [4.69, 9.17) is 9.84 Å². The Hall–Kier alpha value is -4.13. The molecule has 0 saturated carbocycles. The number of rotatable bonds is 8. The first kappa shape index (κ1) is 24.0. The molecule has 35 heavy (non-hydrogen) atoms. The predicted octanol–water partition coefficient (Wildman–Crippen LogP) is 5.60. The SMILES string of the molecule is CC(C)(C)OC(=O)NCCNc1ccc(-c2ccccc2)cc1-c1ccn(Cc2cccnc2)n1. The second kappa shape index (κ2) is 10.9. The number of carbonyl (C=O) groups excluding carboxylic acids is 1. The van der Waals surface area contributed by atoms with Crippen LogP contribution in [-0.2, 0) is 11.3 Å². The first-order chi connectivity index (χ1) is 16.9. The number of aromatic nitrogens is 3. The van der Waals surface area contributed by atoms with Gasteiger partial charge >= 0.3 is 6.09 Å². The molecular weight excluding hydrogens is 438 g/mol. The predicted molar refractivity (Wildman–Crippen MR) is 139 cm³/mol. The smallest absolute Gasteiger partial charge is 0.407 e. The summed E-state index contributed by atoms with van der Waals surface area (Å²) in [4.78, 5) is 16.1. The average Bonchev–Trinajstić information content (AvgIpc) is 3.30. The zero-order chi connectivity index (χ0) is 24.7. The summed E-state index contributed by atoms with van der Waals surface area (Å²) < 4.78 is 7.22. The number of nitrogens with zero attached hydrogens (tertiary/aromatic N) is 3. The fraction of sp³-hybridized carbons (Fsp3) is 0.250. The fourth-order valence-electron chi connectivity index (χ4n) is 3.67. The van der Waals surface area contributed by atoms with Crippen LogP contribution in [0.5, 0.6) is 0 Å². The lowest BCUT2D eigenvalue weighted by molar-refractivity contribution is 0.0530. The van der Waals surface area contributed by atoms with E-state index in [1.165, 1.54) is 0 Å². The molecule has 0 bridgehead atoms. The summed E-state index contributed by atoms with van der Waals surface area (Å²) in [5.41, 5.74) is 5.63. The standard InChI is InChI=1S/C28H31N5O2/c1-28(2,3)35-27(34)31-16-15-30-25-12-11-23(22-9-5-4-6-10-22)18-24(25)26-13-17-33(32-26)20-21-8-7-14-29-19-21/h4-14,17-19,30H,15-16,20H2,1-3H3,(H,31,34). The Bertz CT molecular complexity index is 1250. The summed E-state index contributed by atoms with van der Waals surface area (Å²) in [6.45, 7) is 7.17. The molecule has 2 N–H and O–H groups in total. The lowest BCUT2D eigenvalue weighted by atomic mass is 10.00. The molecule has 0 unspecified atom stereocenters. The van der Waals surface area contributed by atoms with Crippen LogP contribution in [0, 0.1) is 0 Å². The maximum Gasteiger partial charge on any atom is 0.407 e. The normalized spacial score (nSPS) is 11.2. The van der Waals surface area contributed by atoms with Crippen molar-refractivity contribution in [1.82, 2.24) is 20.1 Å². The van der Waals surface area contributed by atoms with Gasteiger partial charge in [-0.2, -0.15) is 5.10 Å².